The van der Waals surface area contributed by atoms with E-state index in [1.807, 2.05) is 18.2 Å². The molecule has 0 aliphatic carbocycles. The molecule has 3 amide bonds. The van der Waals surface area contributed by atoms with E-state index >= 15 is 0 Å². The zero-order chi connectivity index (χ0) is 21.0. The Hall–Kier alpha value is -3.29. The van der Waals surface area contributed by atoms with E-state index in [2.05, 4.69) is 16.9 Å². The predicted octanol–water partition coefficient (Wildman–Crippen LogP) is 1.38. The average Bonchev–Trinajstić information content (AvgIpc) is 3.12. The summed E-state index contributed by atoms with van der Waals surface area (Å²) in [7, 11) is 3.35. The molecule has 0 saturated heterocycles. The van der Waals surface area contributed by atoms with E-state index in [4.69, 9.17) is 4.74 Å². The van der Waals surface area contributed by atoms with E-state index in [0.717, 1.165) is 34.3 Å². The summed E-state index contributed by atoms with van der Waals surface area (Å²) in [6, 6.07) is 5.71. The van der Waals surface area contributed by atoms with Gasteiger partial charge in [0.05, 0.1) is 19.6 Å². The van der Waals surface area contributed by atoms with Gasteiger partial charge in [-0.15, -0.1) is 0 Å². The Morgan fingerprint density at radius 1 is 1.45 bits per heavy atom. The van der Waals surface area contributed by atoms with E-state index in [9.17, 15) is 14.4 Å². The van der Waals surface area contributed by atoms with Crippen molar-refractivity contribution >= 4 is 29.1 Å². The summed E-state index contributed by atoms with van der Waals surface area (Å²) < 4.78 is 5.34. The minimum atomic E-state index is -0.461. The molecule has 0 radical (unpaired) electrons. The van der Waals surface area contributed by atoms with Gasteiger partial charge in [-0.3, -0.25) is 14.4 Å². The number of amides is 3. The molecule has 154 valence electrons. The molecule has 2 N–H and O–H groups in total. The second-order valence-corrected chi connectivity index (χ2v) is 7.12. The Balaban J connectivity index is 1.82. The highest BCUT2D eigenvalue weighted by atomic mass is 16.5. The third-order valence-corrected chi connectivity index (χ3v) is 5.23. The first-order chi connectivity index (χ1) is 14.0. The number of likely N-dealkylation sites (N-methyl/N-ethyl adjacent to an activating group) is 1. The van der Waals surface area contributed by atoms with Gasteiger partial charge in [0.1, 0.15) is 5.75 Å². The normalized spacial score (nSPS) is 15.5. The maximum Gasteiger partial charge on any atom is 0.243 e. The fourth-order valence-electron chi connectivity index (χ4n) is 3.75. The van der Waals surface area contributed by atoms with Gasteiger partial charge < -0.3 is 24.8 Å². The molecule has 3 rings (SSSR count). The molecule has 8 heteroatoms. The van der Waals surface area contributed by atoms with Crippen LogP contribution in [0.4, 0.5) is 0 Å². The first-order valence-corrected chi connectivity index (χ1v) is 9.51. The first kappa shape index (κ1) is 20.4. The molecule has 1 aliphatic heterocycles. The third kappa shape index (κ3) is 4.26. The molecular formula is C21H26N4O4. The van der Waals surface area contributed by atoms with Crippen LogP contribution in [0.1, 0.15) is 23.6 Å². The Labute approximate surface area is 169 Å². The number of H-pyrrole nitrogens is 1. The van der Waals surface area contributed by atoms with Crippen molar-refractivity contribution in [2.75, 3.05) is 33.8 Å². The zero-order valence-corrected chi connectivity index (χ0v) is 16.7. The van der Waals surface area contributed by atoms with Gasteiger partial charge in [0, 0.05) is 43.3 Å². The van der Waals surface area contributed by atoms with Crippen LogP contribution in [0.2, 0.25) is 0 Å². The van der Waals surface area contributed by atoms with Crippen LogP contribution in [-0.2, 0) is 20.9 Å². The highest BCUT2D eigenvalue weighted by Crippen LogP contribution is 2.36. The van der Waals surface area contributed by atoms with Gasteiger partial charge in [-0.1, -0.05) is 6.58 Å². The number of aromatic nitrogens is 1. The summed E-state index contributed by atoms with van der Waals surface area (Å²) >= 11 is 0. The number of hydrogen-bond acceptors (Lipinski definition) is 4. The van der Waals surface area contributed by atoms with Gasteiger partial charge in [-0.05, 0) is 36.3 Å². The first-order valence-electron chi connectivity index (χ1n) is 9.51. The van der Waals surface area contributed by atoms with Crippen LogP contribution in [0.15, 0.2) is 30.9 Å². The van der Waals surface area contributed by atoms with Crippen LogP contribution in [0.25, 0.3) is 10.9 Å². The van der Waals surface area contributed by atoms with Crippen molar-refractivity contribution in [3.63, 3.8) is 0 Å². The van der Waals surface area contributed by atoms with Crippen LogP contribution in [0.3, 0.4) is 0 Å². The Morgan fingerprint density at radius 3 is 2.93 bits per heavy atom. The number of rotatable bonds is 8. The highest BCUT2D eigenvalue weighted by molar-refractivity contribution is 5.94. The van der Waals surface area contributed by atoms with Gasteiger partial charge in [-0.25, -0.2) is 0 Å². The summed E-state index contributed by atoms with van der Waals surface area (Å²) in [5, 5.41) is 3.64. The van der Waals surface area contributed by atoms with E-state index in [-0.39, 0.29) is 11.8 Å². The third-order valence-electron chi connectivity index (χ3n) is 5.23. The van der Waals surface area contributed by atoms with Crippen molar-refractivity contribution in [1.29, 1.82) is 0 Å². The van der Waals surface area contributed by atoms with E-state index in [1.165, 1.54) is 6.08 Å². The molecule has 1 aliphatic rings. The van der Waals surface area contributed by atoms with Gasteiger partial charge in [-0.2, -0.15) is 0 Å². The number of benzene rings is 1. The number of aromatic amines is 1. The van der Waals surface area contributed by atoms with Crippen LogP contribution in [0.5, 0.6) is 5.75 Å². The lowest BCUT2D eigenvalue weighted by atomic mass is 9.90. The number of carbonyl (C=O) groups excluding carboxylic acids is 3. The molecule has 0 fully saturated rings. The maximum absolute atomic E-state index is 13.2. The lowest BCUT2D eigenvalue weighted by molar-refractivity contribution is -0.133. The molecule has 29 heavy (non-hydrogen) atoms. The van der Waals surface area contributed by atoms with Gasteiger partial charge in [0.15, 0.2) is 0 Å². The molecule has 2 aromatic rings. The molecule has 1 aromatic heterocycles. The molecule has 0 saturated carbocycles. The fourth-order valence-corrected chi connectivity index (χ4v) is 3.75. The molecule has 0 spiro atoms. The number of fused-ring (bicyclic) bond motifs is 3. The van der Waals surface area contributed by atoms with Gasteiger partial charge >= 0.3 is 0 Å². The summed E-state index contributed by atoms with van der Waals surface area (Å²) in [5.41, 5.74) is 2.71. The molecule has 1 unspecified atom stereocenters. The van der Waals surface area contributed by atoms with Gasteiger partial charge in [0.2, 0.25) is 18.2 Å². The summed E-state index contributed by atoms with van der Waals surface area (Å²) in [6.45, 7) is 5.14. The zero-order valence-electron chi connectivity index (χ0n) is 16.7. The van der Waals surface area contributed by atoms with Crippen LogP contribution in [0, 0.1) is 0 Å². The lowest BCUT2D eigenvalue weighted by Crippen LogP contribution is -2.42. The Kier molecular flexibility index (Phi) is 6.21. The van der Waals surface area contributed by atoms with Crippen molar-refractivity contribution < 1.29 is 19.1 Å². The predicted molar refractivity (Wildman–Crippen MR) is 110 cm³/mol. The van der Waals surface area contributed by atoms with E-state index in [0.29, 0.717) is 32.6 Å². The van der Waals surface area contributed by atoms with Gasteiger partial charge in [0.25, 0.3) is 0 Å². The fraction of sp³-hybridized carbons (Fsp3) is 0.381. The van der Waals surface area contributed by atoms with Crippen molar-refractivity contribution in [2.24, 2.45) is 0 Å². The van der Waals surface area contributed by atoms with Crippen LogP contribution in [-0.4, -0.2) is 66.8 Å². The van der Waals surface area contributed by atoms with Crippen LogP contribution < -0.4 is 10.1 Å². The van der Waals surface area contributed by atoms with Crippen molar-refractivity contribution in [1.82, 2.24) is 20.1 Å². The Morgan fingerprint density at radius 2 is 2.24 bits per heavy atom. The standard InChI is InChI=1S/C21H26N4O4/c1-4-19(27)22-8-5-9-24(2)21(28)16-11-25(13-26)12-18-20(16)15-10-14(29-3)6-7-17(15)23-18/h4,6-7,10,13,16,23H,1,5,8-9,11-12H2,2-3H3,(H,22,27). The average molecular weight is 398 g/mol. The minimum Gasteiger partial charge on any atom is -0.497 e. The van der Waals surface area contributed by atoms with Crippen molar-refractivity contribution in [3.8, 4) is 5.75 Å². The molecule has 8 nitrogen and oxygen atoms in total. The molecule has 2 heterocycles. The number of ether oxygens (including phenoxy) is 1. The summed E-state index contributed by atoms with van der Waals surface area (Å²) in [5.74, 6) is -0.0333. The van der Waals surface area contributed by atoms with E-state index < -0.39 is 5.92 Å². The monoisotopic (exact) mass is 398 g/mol. The number of methoxy groups -OCH3 is 1. The smallest absolute Gasteiger partial charge is 0.243 e. The van der Waals surface area contributed by atoms with Crippen molar-refractivity contribution in [3.05, 3.63) is 42.1 Å². The summed E-state index contributed by atoms with van der Waals surface area (Å²) in [6.07, 6.45) is 2.62. The maximum atomic E-state index is 13.2. The Bertz CT molecular complexity index is 936. The molecular weight excluding hydrogens is 372 g/mol. The SMILES string of the molecule is C=CC(=O)NCCCN(C)C(=O)C1CN(C=O)Cc2[nH]c3ccc(OC)cc3c21. The highest BCUT2D eigenvalue weighted by Gasteiger charge is 2.34. The minimum absolute atomic E-state index is 0.0587. The topological polar surface area (TPSA) is 94.7 Å². The quantitative estimate of drug-likeness (QED) is 0.399. The van der Waals surface area contributed by atoms with Crippen LogP contribution >= 0.6 is 0 Å². The van der Waals surface area contributed by atoms with Crippen molar-refractivity contribution in [2.45, 2.75) is 18.9 Å². The lowest BCUT2D eigenvalue weighted by Gasteiger charge is -2.32. The second kappa shape index (κ2) is 8.81. The summed E-state index contributed by atoms with van der Waals surface area (Å²) in [4.78, 5) is 42.5. The second-order valence-electron chi connectivity index (χ2n) is 7.12. The largest absolute Gasteiger partial charge is 0.497 e. The molecule has 1 atom stereocenters. The molecule has 1 aromatic carbocycles. The number of hydrogen-bond donors (Lipinski definition) is 2. The molecule has 0 bridgehead atoms. The number of nitrogens with zero attached hydrogens (tertiary/aromatic N) is 2. The van der Waals surface area contributed by atoms with E-state index in [1.54, 1.807) is 24.0 Å². The number of nitrogens with one attached hydrogen (secondary N) is 2. The number of carbonyl (C=O) groups is 3.